The lowest BCUT2D eigenvalue weighted by atomic mass is 10.2. The molecule has 100 valence electrons. The van der Waals surface area contributed by atoms with E-state index in [2.05, 4.69) is 10.6 Å². The molecule has 0 aliphatic carbocycles. The second-order valence-corrected chi connectivity index (χ2v) is 4.19. The topological polar surface area (TPSA) is 71.3 Å². The molecule has 0 saturated heterocycles. The van der Waals surface area contributed by atoms with Crippen LogP contribution in [-0.2, 0) is 16.1 Å². The van der Waals surface area contributed by atoms with Crippen molar-refractivity contribution in [1.82, 2.24) is 10.6 Å². The maximum absolute atomic E-state index is 11.7. The van der Waals surface area contributed by atoms with Gasteiger partial charge in [0.25, 0.3) is 0 Å². The van der Waals surface area contributed by atoms with Crippen LogP contribution in [0.3, 0.4) is 0 Å². The number of hydrogen-bond donors (Lipinski definition) is 2. The van der Waals surface area contributed by atoms with Gasteiger partial charge in [-0.15, -0.1) is 0 Å². The molecule has 1 aromatic heterocycles. The van der Waals surface area contributed by atoms with E-state index in [9.17, 15) is 9.59 Å². The van der Waals surface area contributed by atoms with Crippen LogP contribution in [0.5, 0.6) is 0 Å². The van der Waals surface area contributed by atoms with Crippen LogP contribution in [0.4, 0.5) is 0 Å². The van der Waals surface area contributed by atoms with Crippen LogP contribution in [0.15, 0.2) is 22.8 Å². The summed E-state index contributed by atoms with van der Waals surface area (Å²) < 4.78 is 5.10. The molecule has 1 aromatic rings. The molecule has 0 bridgehead atoms. The Morgan fingerprint density at radius 2 is 2.22 bits per heavy atom. The smallest absolute Gasteiger partial charge is 0.242 e. The molecule has 0 spiro atoms. The highest BCUT2D eigenvalue weighted by molar-refractivity contribution is 5.87. The maximum atomic E-state index is 11.7. The van der Waals surface area contributed by atoms with E-state index in [4.69, 9.17) is 4.42 Å². The van der Waals surface area contributed by atoms with Gasteiger partial charge in [0, 0.05) is 6.42 Å². The Bertz CT molecular complexity index is 374. The van der Waals surface area contributed by atoms with Crippen molar-refractivity contribution >= 4 is 11.8 Å². The highest BCUT2D eigenvalue weighted by atomic mass is 16.3. The molecule has 0 fully saturated rings. The van der Waals surface area contributed by atoms with Crippen molar-refractivity contribution < 1.29 is 14.0 Å². The third-order valence-corrected chi connectivity index (χ3v) is 2.55. The van der Waals surface area contributed by atoms with Gasteiger partial charge in [0.1, 0.15) is 11.8 Å². The van der Waals surface area contributed by atoms with E-state index in [1.807, 2.05) is 6.92 Å². The van der Waals surface area contributed by atoms with Crippen molar-refractivity contribution in [2.45, 2.75) is 45.7 Å². The van der Waals surface area contributed by atoms with Gasteiger partial charge in [0.05, 0.1) is 12.8 Å². The lowest BCUT2D eigenvalue weighted by Crippen LogP contribution is -2.44. The minimum Gasteiger partial charge on any atom is -0.467 e. The number of rotatable bonds is 7. The van der Waals surface area contributed by atoms with Crippen LogP contribution in [0.25, 0.3) is 0 Å². The van der Waals surface area contributed by atoms with E-state index in [-0.39, 0.29) is 11.8 Å². The van der Waals surface area contributed by atoms with Crippen molar-refractivity contribution in [3.8, 4) is 0 Å². The van der Waals surface area contributed by atoms with E-state index in [0.717, 1.165) is 12.8 Å². The number of hydrogen-bond acceptors (Lipinski definition) is 3. The quantitative estimate of drug-likeness (QED) is 0.774. The third-order valence-electron chi connectivity index (χ3n) is 2.55. The van der Waals surface area contributed by atoms with Crippen LogP contribution in [0, 0.1) is 0 Å². The zero-order valence-electron chi connectivity index (χ0n) is 10.9. The molecule has 5 nitrogen and oxygen atoms in total. The van der Waals surface area contributed by atoms with Gasteiger partial charge < -0.3 is 15.1 Å². The fraction of sp³-hybridized carbons (Fsp3) is 0.538. The van der Waals surface area contributed by atoms with Gasteiger partial charge in [-0.1, -0.05) is 13.3 Å². The monoisotopic (exact) mass is 252 g/mol. The zero-order valence-corrected chi connectivity index (χ0v) is 10.9. The highest BCUT2D eigenvalue weighted by Gasteiger charge is 2.14. The summed E-state index contributed by atoms with van der Waals surface area (Å²) in [4.78, 5) is 23.1. The average Bonchev–Trinajstić information content (AvgIpc) is 2.86. The largest absolute Gasteiger partial charge is 0.467 e. The van der Waals surface area contributed by atoms with Crippen molar-refractivity contribution in [1.29, 1.82) is 0 Å². The summed E-state index contributed by atoms with van der Waals surface area (Å²) in [6.07, 6.45) is 3.82. The Morgan fingerprint density at radius 3 is 2.83 bits per heavy atom. The predicted molar refractivity (Wildman–Crippen MR) is 67.7 cm³/mol. The Kier molecular flexibility index (Phi) is 5.97. The van der Waals surface area contributed by atoms with Gasteiger partial charge in [-0.25, -0.2) is 0 Å². The minimum atomic E-state index is -0.524. The lowest BCUT2D eigenvalue weighted by Gasteiger charge is -2.13. The lowest BCUT2D eigenvalue weighted by molar-refractivity contribution is -0.128. The molecular weight excluding hydrogens is 232 g/mol. The average molecular weight is 252 g/mol. The van der Waals surface area contributed by atoms with Crippen LogP contribution in [-0.4, -0.2) is 17.9 Å². The first-order valence-corrected chi connectivity index (χ1v) is 6.23. The molecule has 1 rings (SSSR count). The zero-order chi connectivity index (χ0) is 13.4. The normalized spacial score (nSPS) is 11.9. The van der Waals surface area contributed by atoms with Crippen molar-refractivity contribution in [2.75, 3.05) is 0 Å². The van der Waals surface area contributed by atoms with Crippen LogP contribution in [0.2, 0.25) is 0 Å². The number of unbranched alkanes of at least 4 members (excludes halogenated alkanes) is 1. The molecule has 2 amide bonds. The number of furan rings is 1. The second kappa shape index (κ2) is 7.53. The fourth-order valence-electron chi connectivity index (χ4n) is 1.46. The number of amides is 2. The van der Waals surface area contributed by atoms with Crippen molar-refractivity contribution in [2.24, 2.45) is 0 Å². The first kappa shape index (κ1) is 14.3. The summed E-state index contributed by atoms with van der Waals surface area (Å²) in [5.74, 6) is 0.390. The molecule has 5 heteroatoms. The second-order valence-electron chi connectivity index (χ2n) is 4.19. The van der Waals surface area contributed by atoms with Gasteiger partial charge >= 0.3 is 0 Å². The first-order valence-electron chi connectivity index (χ1n) is 6.23. The van der Waals surface area contributed by atoms with Gasteiger partial charge in [0.2, 0.25) is 11.8 Å². The molecule has 1 atom stereocenters. The van der Waals surface area contributed by atoms with Crippen LogP contribution < -0.4 is 10.6 Å². The number of carbonyl (C=O) groups is 2. The van der Waals surface area contributed by atoms with Gasteiger partial charge in [-0.2, -0.15) is 0 Å². The molecule has 1 heterocycles. The summed E-state index contributed by atoms with van der Waals surface area (Å²) in [6.45, 7) is 4.02. The molecule has 0 aromatic carbocycles. The molecule has 18 heavy (non-hydrogen) atoms. The SMILES string of the molecule is CCCCC(=O)N[C@@H](C)C(=O)NCc1ccco1. The minimum absolute atomic E-state index is 0.0856. The van der Waals surface area contributed by atoms with E-state index in [1.165, 1.54) is 0 Å². The molecule has 0 radical (unpaired) electrons. The molecule has 0 saturated carbocycles. The molecule has 0 unspecified atom stereocenters. The molecule has 2 N–H and O–H groups in total. The van der Waals surface area contributed by atoms with Crippen molar-refractivity contribution in [3.05, 3.63) is 24.2 Å². The Hall–Kier alpha value is -1.78. The summed E-state index contributed by atoms with van der Waals surface area (Å²) >= 11 is 0. The summed E-state index contributed by atoms with van der Waals surface area (Å²) in [7, 11) is 0. The van der Waals surface area contributed by atoms with Crippen LogP contribution in [0.1, 0.15) is 38.9 Å². The summed E-state index contributed by atoms with van der Waals surface area (Å²) in [6, 6.07) is 3.02. The van der Waals surface area contributed by atoms with Crippen LogP contribution >= 0.6 is 0 Å². The van der Waals surface area contributed by atoms with Crippen molar-refractivity contribution in [3.63, 3.8) is 0 Å². The third kappa shape index (κ3) is 5.03. The van der Waals surface area contributed by atoms with Gasteiger partial charge in [0.15, 0.2) is 0 Å². The van der Waals surface area contributed by atoms with E-state index in [1.54, 1.807) is 25.3 Å². The highest BCUT2D eigenvalue weighted by Crippen LogP contribution is 1.99. The Balaban J connectivity index is 2.26. The Labute approximate surface area is 107 Å². The summed E-state index contributed by atoms with van der Waals surface area (Å²) in [5.41, 5.74) is 0. The Morgan fingerprint density at radius 1 is 1.44 bits per heavy atom. The molecule has 0 aliphatic rings. The molecular formula is C13H20N2O3. The maximum Gasteiger partial charge on any atom is 0.242 e. The van der Waals surface area contributed by atoms with E-state index >= 15 is 0 Å². The summed E-state index contributed by atoms with van der Waals surface area (Å²) in [5, 5.41) is 5.36. The molecule has 0 aliphatic heterocycles. The number of carbonyl (C=O) groups excluding carboxylic acids is 2. The van der Waals surface area contributed by atoms with E-state index in [0.29, 0.717) is 18.7 Å². The first-order chi connectivity index (χ1) is 8.63. The van der Waals surface area contributed by atoms with Gasteiger partial charge in [-0.3, -0.25) is 9.59 Å². The number of nitrogens with one attached hydrogen (secondary N) is 2. The predicted octanol–water partition coefficient (Wildman–Crippen LogP) is 1.59. The fourth-order valence-corrected chi connectivity index (χ4v) is 1.46. The van der Waals surface area contributed by atoms with Gasteiger partial charge in [-0.05, 0) is 25.5 Å². The standard InChI is InChI=1S/C13H20N2O3/c1-3-4-7-12(16)15-10(2)13(17)14-9-11-6-5-8-18-11/h5-6,8,10H,3-4,7,9H2,1-2H3,(H,14,17)(H,15,16)/t10-/m0/s1. The van der Waals surface area contributed by atoms with E-state index < -0.39 is 6.04 Å².